The van der Waals surface area contributed by atoms with Crippen molar-refractivity contribution in [3.8, 4) is 27.9 Å². The number of amides is 1. The summed E-state index contributed by atoms with van der Waals surface area (Å²) in [4.78, 5) is 18.1. The summed E-state index contributed by atoms with van der Waals surface area (Å²) in [5.74, 6) is 1.42. The van der Waals surface area contributed by atoms with Crippen molar-refractivity contribution in [3.05, 3.63) is 71.6 Å². The highest BCUT2D eigenvalue weighted by atomic mass is 32.1. The van der Waals surface area contributed by atoms with Crippen molar-refractivity contribution in [2.24, 2.45) is 0 Å². The number of benzene rings is 2. The maximum atomic E-state index is 12.7. The number of rotatable bonds is 8. The molecule has 4 aromatic rings. The third kappa shape index (κ3) is 4.58. The quantitative estimate of drug-likeness (QED) is 0.360. The molecular formula is C23H21N3O3S. The number of thiophene rings is 1. The van der Waals surface area contributed by atoms with E-state index in [0.29, 0.717) is 35.1 Å². The van der Waals surface area contributed by atoms with E-state index in [4.69, 9.17) is 9.26 Å². The first-order valence-electron chi connectivity index (χ1n) is 9.76. The Hall–Kier alpha value is -3.45. The Balaban J connectivity index is 1.50. The number of nitrogens with zero attached hydrogens (tertiary/aromatic N) is 2. The zero-order valence-corrected chi connectivity index (χ0v) is 17.3. The van der Waals surface area contributed by atoms with Crippen molar-refractivity contribution >= 4 is 22.9 Å². The fourth-order valence-corrected chi connectivity index (χ4v) is 3.50. The molecule has 152 valence electrons. The van der Waals surface area contributed by atoms with E-state index in [1.54, 1.807) is 12.1 Å². The number of nitrogens with one attached hydrogen (secondary N) is 1. The average Bonchev–Trinajstić information content (AvgIpc) is 3.47. The molecule has 7 heteroatoms. The van der Waals surface area contributed by atoms with Crippen LogP contribution in [0.1, 0.15) is 30.1 Å². The zero-order chi connectivity index (χ0) is 20.8. The van der Waals surface area contributed by atoms with Gasteiger partial charge in [-0.25, -0.2) is 0 Å². The largest absolute Gasteiger partial charge is 0.494 e. The van der Waals surface area contributed by atoms with Gasteiger partial charge in [-0.2, -0.15) is 4.98 Å². The molecule has 2 aromatic heterocycles. The molecule has 0 saturated heterocycles. The van der Waals surface area contributed by atoms with Crippen molar-refractivity contribution in [2.75, 3.05) is 11.9 Å². The highest BCUT2D eigenvalue weighted by Gasteiger charge is 2.16. The molecule has 0 unspecified atom stereocenters. The predicted octanol–water partition coefficient (Wildman–Crippen LogP) is 5.90. The summed E-state index contributed by atoms with van der Waals surface area (Å²) in [6, 6.07) is 18.3. The number of carbonyl (C=O) groups excluding carboxylic acids is 1. The third-order valence-corrected chi connectivity index (χ3v) is 5.32. The van der Waals surface area contributed by atoms with Gasteiger partial charge in [0.05, 0.1) is 22.7 Å². The fraction of sp³-hybridized carbons (Fsp3) is 0.174. The minimum absolute atomic E-state index is 0.222. The summed E-state index contributed by atoms with van der Waals surface area (Å²) < 4.78 is 11.1. The van der Waals surface area contributed by atoms with E-state index in [1.807, 2.05) is 53.9 Å². The topological polar surface area (TPSA) is 77.2 Å². The fourth-order valence-electron chi connectivity index (χ4n) is 2.85. The van der Waals surface area contributed by atoms with Gasteiger partial charge >= 0.3 is 0 Å². The minimum atomic E-state index is -0.222. The zero-order valence-electron chi connectivity index (χ0n) is 16.5. The molecule has 0 saturated carbocycles. The highest BCUT2D eigenvalue weighted by Crippen LogP contribution is 2.30. The Bertz CT molecular complexity index is 1100. The van der Waals surface area contributed by atoms with Gasteiger partial charge in [0.15, 0.2) is 0 Å². The first kappa shape index (κ1) is 19.8. The van der Waals surface area contributed by atoms with Crippen LogP contribution in [0, 0.1) is 0 Å². The van der Waals surface area contributed by atoms with E-state index in [9.17, 15) is 4.79 Å². The molecule has 1 amide bonds. The van der Waals surface area contributed by atoms with Crippen LogP contribution in [0.2, 0.25) is 0 Å². The molecule has 6 nitrogen and oxygen atoms in total. The lowest BCUT2D eigenvalue weighted by molar-refractivity contribution is 0.102. The highest BCUT2D eigenvalue weighted by molar-refractivity contribution is 7.13. The normalized spacial score (nSPS) is 10.7. The standard InChI is InChI=1S/C23H21N3O3S/c1-2-3-14-28-17-12-10-16(11-13-17)22(27)24-19-8-5-4-7-18(19)23-25-21(26-29-23)20-9-6-15-30-20/h4-13,15H,2-3,14H2,1H3,(H,24,27). The first-order chi connectivity index (χ1) is 14.7. The Labute approximate surface area is 178 Å². The SMILES string of the molecule is CCCCOc1ccc(C(=O)Nc2ccccc2-c2nc(-c3cccs3)no2)cc1. The van der Waals surface area contributed by atoms with Crippen LogP contribution in [0.4, 0.5) is 5.69 Å². The molecule has 0 aliphatic heterocycles. The maximum absolute atomic E-state index is 12.7. The van der Waals surface area contributed by atoms with Gasteiger partial charge in [-0.05, 0) is 54.3 Å². The molecular weight excluding hydrogens is 398 g/mol. The summed E-state index contributed by atoms with van der Waals surface area (Å²) in [5.41, 5.74) is 1.81. The molecule has 4 rings (SSSR count). The molecule has 0 bridgehead atoms. The summed E-state index contributed by atoms with van der Waals surface area (Å²) in [6.45, 7) is 2.79. The second-order valence-corrected chi connectivity index (χ2v) is 7.57. The van der Waals surface area contributed by atoms with E-state index < -0.39 is 0 Å². The number of para-hydroxylation sites is 1. The number of hydrogen-bond donors (Lipinski definition) is 1. The van der Waals surface area contributed by atoms with E-state index in [1.165, 1.54) is 11.3 Å². The lowest BCUT2D eigenvalue weighted by Crippen LogP contribution is -2.12. The number of carbonyl (C=O) groups is 1. The second kappa shape index (κ2) is 9.37. The molecule has 0 spiro atoms. The summed E-state index contributed by atoms with van der Waals surface area (Å²) in [5, 5.41) is 8.95. The van der Waals surface area contributed by atoms with Crippen molar-refractivity contribution in [1.29, 1.82) is 0 Å². The van der Waals surface area contributed by atoms with E-state index in [2.05, 4.69) is 22.4 Å². The van der Waals surface area contributed by atoms with Crippen LogP contribution in [0.3, 0.4) is 0 Å². The van der Waals surface area contributed by atoms with Crippen LogP contribution >= 0.6 is 11.3 Å². The van der Waals surface area contributed by atoms with Gasteiger partial charge in [-0.15, -0.1) is 11.3 Å². The Kier molecular flexibility index (Phi) is 6.20. The number of anilines is 1. The molecule has 0 aliphatic rings. The van der Waals surface area contributed by atoms with Gasteiger partial charge in [-0.1, -0.05) is 36.7 Å². The molecule has 0 fully saturated rings. The van der Waals surface area contributed by atoms with Crippen molar-refractivity contribution in [3.63, 3.8) is 0 Å². The van der Waals surface area contributed by atoms with Crippen molar-refractivity contribution in [2.45, 2.75) is 19.8 Å². The summed E-state index contributed by atoms with van der Waals surface area (Å²) in [7, 11) is 0. The summed E-state index contributed by atoms with van der Waals surface area (Å²) >= 11 is 1.54. The van der Waals surface area contributed by atoms with E-state index in [-0.39, 0.29) is 5.91 Å². The summed E-state index contributed by atoms with van der Waals surface area (Å²) in [6.07, 6.45) is 2.08. The van der Waals surface area contributed by atoms with Crippen LogP contribution < -0.4 is 10.1 Å². The van der Waals surface area contributed by atoms with Gasteiger partial charge in [-0.3, -0.25) is 4.79 Å². The van der Waals surface area contributed by atoms with Gasteiger partial charge in [0.2, 0.25) is 5.82 Å². The molecule has 0 aliphatic carbocycles. The molecule has 0 atom stereocenters. The van der Waals surface area contributed by atoms with Gasteiger partial charge < -0.3 is 14.6 Å². The minimum Gasteiger partial charge on any atom is -0.494 e. The van der Waals surface area contributed by atoms with E-state index >= 15 is 0 Å². The lowest BCUT2D eigenvalue weighted by Gasteiger charge is -2.09. The number of aromatic nitrogens is 2. The van der Waals surface area contributed by atoms with Crippen LogP contribution in [0.15, 0.2) is 70.6 Å². The number of ether oxygens (including phenoxy) is 1. The smallest absolute Gasteiger partial charge is 0.260 e. The number of hydrogen-bond acceptors (Lipinski definition) is 6. The Morgan fingerprint density at radius 2 is 1.93 bits per heavy atom. The van der Waals surface area contributed by atoms with Gasteiger partial charge in [0.1, 0.15) is 5.75 Å². The third-order valence-electron chi connectivity index (χ3n) is 4.46. The lowest BCUT2D eigenvalue weighted by atomic mass is 10.1. The van der Waals surface area contributed by atoms with Crippen LogP contribution in [0.25, 0.3) is 22.2 Å². The molecule has 1 N–H and O–H groups in total. The van der Waals surface area contributed by atoms with Crippen LogP contribution in [-0.2, 0) is 0 Å². The maximum Gasteiger partial charge on any atom is 0.260 e. The van der Waals surface area contributed by atoms with Gasteiger partial charge in [0, 0.05) is 5.56 Å². The average molecular weight is 420 g/mol. The second-order valence-electron chi connectivity index (χ2n) is 6.63. The molecule has 30 heavy (non-hydrogen) atoms. The Morgan fingerprint density at radius 1 is 1.10 bits per heavy atom. The molecule has 0 radical (unpaired) electrons. The van der Waals surface area contributed by atoms with Crippen molar-refractivity contribution < 1.29 is 14.1 Å². The molecule has 2 aromatic carbocycles. The van der Waals surface area contributed by atoms with Crippen LogP contribution in [-0.4, -0.2) is 22.7 Å². The Morgan fingerprint density at radius 3 is 2.70 bits per heavy atom. The van der Waals surface area contributed by atoms with E-state index in [0.717, 1.165) is 23.5 Å². The first-order valence-corrected chi connectivity index (χ1v) is 10.6. The number of unbranched alkanes of at least 4 members (excludes halogenated alkanes) is 1. The predicted molar refractivity (Wildman–Crippen MR) is 118 cm³/mol. The van der Waals surface area contributed by atoms with Gasteiger partial charge in [0.25, 0.3) is 11.8 Å². The molecule has 2 heterocycles. The van der Waals surface area contributed by atoms with Crippen LogP contribution in [0.5, 0.6) is 5.75 Å². The van der Waals surface area contributed by atoms with Crippen molar-refractivity contribution in [1.82, 2.24) is 10.1 Å². The monoisotopic (exact) mass is 419 g/mol.